The van der Waals surface area contributed by atoms with Crippen molar-refractivity contribution in [1.82, 2.24) is 0 Å². The third-order valence-electron chi connectivity index (χ3n) is 6.43. The third kappa shape index (κ3) is 4.05. The fourth-order valence-corrected chi connectivity index (χ4v) is 5.84. The van der Waals surface area contributed by atoms with Crippen LogP contribution in [0.15, 0.2) is 83.8 Å². The molecule has 174 valence electrons. The second-order valence-electron chi connectivity index (χ2n) is 8.45. The number of hydrogen-bond donors (Lipinski definition) is 2. The average Bonchev–Trinajstić information content (AvgIpc) is 3.34. The van der Waals surface area contributed by atoms with Crippen LogP contribution < -0.4 is 10.0 Å². The number of methoxy groups -OCH3 is 1. The van der Waals surface area contributed by atoms with Gasteiger partial charge in [0, 0.05) is 17.3 Å². The molecule has 5 rings (SSSR count). The second kappa shape index (κ2) is 8.61. The molecule has 3 aromatic rings. The van der Waals surface area contributed by atoms with Crippen molar-refractivity contribution in [3.05, 3.63) is 101 Å². The van der Waals surface area contributed by atoms with E-state index >= 15 is 0 Å². The number of rotatable bonds is 5. The van der Waals surface area contributed by atoms with Gasteiger partial charge >= 0.3 is 5.97 Å². The maximum Gasteiger partial charge on any atom is 0.337 e. The van der Waals surface area contributed by atoms with E-state index in [0.29, 0.717) is 11.3 Å². The van der Waals surface area contributed by atoms with E-state index in [1.165, 1.54) is 31.4 Å². The van der Waals surface area contributed by atoms with Crippen molar-refractivity contribution in [2.45, 2.75) is 23.3 Å². The van der Waals surface area contributed by atoms with E-state index in [4.69, 9.17) is 4.74 Å². The molecule has 2 unspecified atom stereocenters. The van der Waals surface area contributed by atoms with Crippen LogP contribution in [0.3, 0.4) is 0 Å². The van der Waals surface area contributed by atoms with Crippen LogP contribution in [-0.4, -0.2) is 21.5 Å². The van der Waals surface area contributed by atoms with Gasteiger partial charge in [-0.3, -0.25) is 4.72 Å². The zero-order chi connectivity index (χ0) is 23.9. The lowest BCUT2D eigenvalue weighted by Gasteiger charge is -2.37. The van der Waals surface area contributed by atoms with E-state index in [1.807, 2.05) is 12.1 Å². The van der Waals surface area contributed by atoms with E-state index in [-0.39, 0.29) is 28.7 Å². The topological polar surface area (TPSA) is 84.5 Å². The SMILES string of the molecule is COC(=O)c1ccc([C@H]2Nc3ccc(S(=O)(=O)Nc4ccc(F)cc4)cc3C3C=CCC32)cc1. The molecule has 2 N–H and O–H groups in total. The third-order valence-corrected chi connectivity index (χ3v) is 7.81. The maximum atomic E-state index is 13.2. The summed E-state index contributed by atoms with van der Waals surface area (Å²) in [6.45, 7) is 0. The van der Waals surface area contributed by atoms with Crippen LogP contribution in [0.5, 0.6) is 0 Å². The molecule has 1 aliphatic carbocycles. The number of allylic oxidation sites excluding steroid dienone is 2. The fourth-order valence-electron chi connectivity index (χ4n) is 4.75. The minimum Gasteiger partial charge on any atom is -0.465 e. The van der Waals surface area contributed by atoms with Crippen LogP contribution in [0.2, 0.25) is 0 Å². The summed E-state index contributed by atoms with van der Waals surface area (Å²) in [6, 6.07) is 17.6. The first kappa shape index (κ1) is 22.2. The summed E-state index contributed by atoms with van der Waals surface area (Å²) >= 11 is 0. The number of fused-ring (bicyclic) bond motifs is 3. The molecule has 0 bridgehead atoms. The summed E-state index contributed by atoms with van der Waals surface area (Å²) in [4.78, 5) is 11.9. The van der Waals surface area contributed by atoms with Crippen molar-refractivity contribution in [3.63, 3.8) is 0 Å². The Labute approximate surface area is 197 Å². The van der Waals surface area contributed by atoms with Crippen molar-refractivity contribution >= 4 is 27.4 Å². The summed E-state index contributed by atoms with van der Waals surface area (Å²) in [5, 5.41) is 3.57. The van der Waals surface area contributed by atoms with Crippen molar-refractivity contribution in [1.29, 1.82) is 0 Å². The minimum atomic E-state index is -3.84. The zero-order valence-corrected chi connectivity index (χ0v) is 19.2. The van der Waals surface area contributed by atoms with E-state index in [0.717, 1.165) is 23.2 Å². The van der Waals surface area contributed by atoms with Crippen LogP contribution >= 0.6 is 0 Å². The molecule has 1 aliphatic heterocycles. The number of esters is 1. The summed E-state index contributed by atoms with van der Waals surface area (Å²) < 4.78 is 46.4. The van der Waals surface area contributed by atoms with Gasteiger partial charge in [-0.25, -0.2) is 17.6 Å². The number of halogens is 1. The van der Waals surface area contributed by atoms with Crippen LogP contribution in [0.25, 0.3) is 0 Å². The van der Waals surface area contributed by atoms with E-state index in [1.54, 1.807) is 30.3 Å². The molecule has 0 spiro atoms. The smallest absolute Gasteiger partial charge is 0.337 e. The number of benzene rings is 3. The fraction of sp³-hybridized carbons (Fsp3) is 0.192. The number of carbonyl (C=O) groups is 1. The summed E-state index contributed by atoms with van der Waals surface area (Å²) in [5.41, 5.74) is 3.63. The predicted molar refractivity (Wildman–Crippen MR) is 128 cm³/mol. The summed E-state index contributed by atoms with van der Waals surface area (Å²) in [7, 11) is -2.48. The van der Waals surface area contributed by atoms with E-state index in [9.17, 15) is 17.6 Å². The Morgan fingerprint density at radius 1 is 1.06 bits per heavy atom. The Morgan fingerprint density at radius 3 is 2.50 bits per heavy atom. The summed E-state index contributed by atoms with van der Waals surface area (Å²) in [5.74, 6) is -0.546. The highest BCUT2D eigenvalue weighted by atomic mass is 32.2. The molecule has 0 radical (unpaired) electrons. The van der Waals surface area contributed by atoms with Crippen LogP contribution in [0.1, 0.15) is 39.9 Å². The normalized spacial score (nSPS) is 20.7. The molecular weight excluding hydrogens is 455 g/mol. The number of anilines is 2. The first-order valence-electron chi connectivity index (χ1n) is 10.9. The molecule has 0 amide bonds. The first-order chi connectivity index (χ1) is 16.4. The van der Waals surface area contributed by atoms with Crippen molar-refractivity contribution in [3.8, 4) is 0 Å². The van der Waals surface area contributed by atoms with Gasteiger partial charge in [-0.2, -0.15) is 0 Å². The van der Waals surface area contributed by atoms with Gasteiger partial charge in [-0.15, -0.1) is 0 Å². The highest BCUT2D eigenvalue weighted by molar-refractivity contribution is 7.92. The number of carbonyl (C=O) groups excluding carboxylic acids is 1. The van der Waals surface area contributed by atoms with E-state index in [2.05, 4.69) is 22.2 Å². The van der Waals surface area contributed by atoms with E-state index < -0.39 is 15.8 Å². The van der Waals surface area contributed by atoms with Gasteiger partial charge in [-0.05, 0) is 78.1 Å². The number of sulfonamides is 1. The first-order valence-corrected chi connectivity index (χ1v) is 12.4. The van der Waals surface area contributed by atoms with Gasteiger partial charge < -0.3 is 10.1 Å². The van der Waals surface area contributed by atoms with Crippen molar-refractivity contribution < 1.29 is 22.3 Å². The van der Waals surface area contributed by atoms with Crippen LogP contribution in [0.4, 0.5) is 15.8 Å². The molecule has 0 saturated heterocycles. The molecule has 0 saturated carbocycles. The number of nitrogens with one attached hydrogen (secondary N) is 2. The molecule has 8 heteroatoms. The molecule has 0 aromatic heterocycles. The number of hydrogen-bond acceptors (Lipinski definition) is 5. The maximum absolute atomic E-state index is 13.2. The molecule has 3 atom stereocenters. The Balaban J connectivity index is 1.44. The Morgan fingerprint density at radius 2 is 1.79 bits per heavy atom. The Hall–Kier alpha value is -3.65. The Kier molecular flexibility index (Phi) is 5.61. The molecular formula is C26H23FN2O4S. The zero-order valence-electron chi connectivity index (χ0n) is 18.4. The number of ether oxygens (including phenoxy) is 1. The Bertz CT molecular complexity index is 1370. The largest absolute Gasteiger partial charge is 0.465 e. The molecule has 3 aromatic carbocycles. The minimum absolute atomic E-state index is 0.0130. The quantitative estimate of drug-likeness (QED) is 0.387. The van der Waals surface area contributed by atoms with Crippen LogP contribution in [-0.2, 0) is 14.8 Å². The second-order valence-corrected chi connectivity index (χ2v) is 10.1. The lowest BCUT2D eigenvalue weighted by atomic mass is 9.77. The van der Waals surface area contributed by atoms with Gasteiger partial charge in [0.15, 0.2) is 0 Å². The molecule has 0 fully saturated rings. The summed E-state index contributed by atoms with van der Waals surface area (Å²) in [6.07, 6.45) is 5.11. The molecule has 1 heterocycles. The molecule has 2 aliphatic rings. The van der Waals surface area contributed by atoms with Crippen molar-refractivity contribution in [2.75, 3.05) is 17.1 Å². The highest BCUT2D eigenvalue weighted by Crippen LogP contribution is 2.50. The standard InChI is InChI=1S/C26H23FN2O4S/c1-33-26(30)17-7-5-16(6-8-17)25-22-4-2-3-21(22)23-15-20(13-14-24(23)28-25)34(31,32)29-19-11-9-18(27)10-12-19/h2-3,5-15,21-22,25,28-29H,4H2,1H3/t21?,22?,25-/m1/s1. The monoisotopic (exact) mass is 478 g/mol. The highest BCUT2D eigenvalue weighted by Gasteiger charge is 2.38. The van der Waals surface area contributed by atoms with Gasteiger partial charge in [0.05, 0.1) is 23.6 Å². The molecule has 34 heavy (non-hydrogen) atoms. The van der Waals surface area contributed by atoms with Gasteiger partial charge in [0.2, 0.25) is 0 Å². The van der Waals surface area contributed by atoms with Gasteiger partial charge in [0.25, 0.3) is 10.0 Å². The van der Waals surface area contributed by atoms with Crippen LogP contribution in [0, 0.1) is 11.7 Å². The lowest BCUT2D eigenvalue weighted by Crippen LogP contribution is -2.29. The lowest BCUT2D eigenvalue weighted by molar-refractivity contribution is 0.0600. The van der Waals surface area contributed by atoms with Crippen molar-refractivity contribution in [2.24, 2.45) is 5.92 Å². The molecule has 6 nitrogen and oxygen atoms in total. The van der Waals surface area contributed by atoms with Gasteiger partial charge in [0.1, 0.15) is 5.82 Å². The predicted octanol–water partition coefficient (Wildman–Crippen LogP) is 5.24. The average molecular weight is 479 g/mol. The van der Waals surface area contributed by atoms with Gasteiger partial charge in [-0.1, -0.05) is 24.3 Å².